The second-order valence-corrected chi connectivity index (χ2v) is 6.94. The van der Waals surface area contributed by atoms with Gasteiger partial charge in [0.25, 0.3) is 0 Å². The topological polar surface area (TPSA) is 46.2 Å². The lowest BCUT2D eigenvalue weighted by Gasteiger charge is -2.46. The minimum absolute atomic E-state index is 0.0369. The number of hydrogen-bond donors (Lipinski definition) is 0. The van der Waals surface area contributed by atoms with Crippen LogP contribution < -0.4 is 5.46 Å². The normalized spacial score (nSPS) is 16.7. The lowest BCUT2D eigenvalue weighted by molar-refractivity contribution is -0.0441. The van der Waals surface area contributed by atoms with E-state index in [-0.39, 0.29) is 24.6 Å². The molecule has 0 amide bonds. The highest BCUT2D eigenvalue weighted by atomic mass is 16.8. The molecule has 0 bridgehead atoms. The molecule has 1 heterocycles. The minimum atomic E-state index is -2.07. The van der Waals surface area contributed by atoms with E-state index in [4.69, 9.17) is 23.4 Å². The third-order valence-electron chi connectivity index (χ3n) is 3.57. The van der Waals surface area contributed by atoms with Crippen LogP contribution in [0.3, 0.4) is 0 Å². The van der Waals surface area contributed by atoms with E-state index in [0.717, 1.165) is 11.0 Å². The van der Waals surface area contributed by atoms with Crippen LogP contribution in [-0.2, 0) is 23.4 Å². The molecular formula is C18H30BO5-. The third-order valence-corrected chi connectivity index (χ3v) is 3.57. The molecule has 0 radical (unpaired) electrons. The van der Waals surface area contributed by atoms with Gasteiger partial charge in [0, 0.05) is 23.9 Å². The summed E-state index contributed by atoms with van der Waals surface area (Å²) in [5, 5.41) is 0. The molecule has 1 saturated heterocycles. The van der Waals surface area contributed by atoms with Gasteiger partial charge < -0.3 is 23.4 Å². The molecule has 0 N–H and O–H groups in total. The average molecular weight is 337 g/mol. The summed E-state index contributed by atoms with van der Waals surface area (Å²) in [6.07, 6.45) is -0.448. The Morgan fingerprint density at radius 2 is 1.38 bits per heavy atom. The summed E-state index contributed by atoms with van der Waals surface area (Å²) in [7, 11) is 0. The average Bonchev–Trinajstić information content (AvgIpc) is 2.99. The van der Waals surface area contributed by atoms with Crippen molar-refractivity contribution in [3.8, 4) is 0 Å². The second kappa shape index (κ2) is 8.45. The molecule has 1 aromatic carbocycles. The van der Waals surface area contributed by atoms with E-state index < -0.39 is 6.75 Å². The van der Waals surface area contributed by atoms with Crippen molar-refractivity contribution in [2.24, 2.45) is 0 Å². The zero-order valence-electron chi connectivity index (χ0n) is 15.7. The Labute approximate surface area is 145 Å². The predicted molar refractivity (Wildman–Crippen MR) is 95.1 cm³/mol. The van der Waals surface area contributed by atoms with E-state index in [1.165, 1.54) is 0 Å². The van der Waals surface area contributed by atoms with Crippen molar-refractivity contribution in [3.63, 3.8) is 0 Å². The monoisotopic (exact) mass is 337 g/mol. The van der Waals surface area contributed by atoms with Gasteiger partial charge >= 0.3 is 6.75 Å². The van der Waals surface area contributed by atoms with Crippen LogP contribution in [0.4, 0.5) is 0 Å². The Morgan fingerprint density at radius 1 is 0.875 bits per heavy atom. The molecule has 0 atom stereocenters. The molecule has 0 aliphatic carbocycles. The molecule has 2 rings (SSSR count). The van der Waals surface area contributed by atoms with Crippen molar-refractivity contribution < 1.29 is 23.4 Å². The van der Waals surface area contributed by atoms with Gasteiger partial charge in [-0.05, 0) is 41.5 Å². The first-order chi connectivity index (χ1) is 11.3. The Morgan fingerprint density at radius 3 is 1.83 bits per heavy atom. The highest BCUT2D eigenvalue weighted by Gasteiger charge is 2.35. The fourth-order valence-corrected chi connectivity index (χ4v) is 2.88. The van der Waals surface area contributed by atoms with Crippen LogP contribution in [-0.4, -0.2) is 38.3 Å². The van der Waals surface area contributed by atoms with Crippen LogP contribution in [0, 0.1) is 0 Å². The van der Waals surface area contributed by atoms with Crippen molar-refractivity contribution in [3.05, 3.63) is 29.8 Å². The molecule has 0 spiro atoms. The lowest BCUT2D eigenvalue weighted by atomic mass is 9.67. The van der Waals surface area contributed by atoms with Crippen molar-refractivity contribution >= 4 is 12.2 Å². The summed E-state index contributed by atoms with van der Waals surface area (Å²) < 4.78 is 29.8. The van der Waals surface area contributed by atoms with Gasteiger partial charge in [-0.3, -0.25) is 0 Å². The molecule has 1 aromatic rings. The van der Waals surface area contributed by atoms with Crippen LogP contribution in [0.15, 0.2) is 24.3 Å². The van der Waals surface area contributed by atoms with Gasteiger partial charge in [-0.15, -0.1) is 5.46 Å². The van der Waals surface area contributed by atoms with E-state index in [9.17, 15) is 0 Å². The number of hydrogen-bond acceptors (Lipinski definition) is 5. The fourth-order valence-electron chi connectivity index (χ4n) is 2.88. The maximum Gasteiger partial charge on any atom is 0.410 e. The molecule has 1 aliphatic heterocycles. The second-order valence-electron chi connectivity index (χ2n) is 6.94. The third kappa shape index (κ3) is 5.04. The number of benzene rings is 1. The van der Waals surface area contributed by atoms with Gasteiger partial charge in [0.15, 0.2) is 6.29 Å². The van der Waals surface area contributed by atoms with Crippen LogP contribution in [0.25, 0.3) is 0 Å². The minimum Gasteiger partial charge on any atom is -0.539 e. The van der Waals surface area contributed by atoms with Gasteiger partial charge in [0.1, 0.15) is 0 Å². The number of ether oxygens (including phenoxy) is 2. The van der Waals surface area contributed by atoms with E-state index in [1.807, 2.05) is 65.8 Å². The summed E-state index contributed by atoms with van der Waals surface area (Å²) in [6.45, 7) is 11.1. The molecule has 0 unspecified atom stereocenters. The first-order valence-corrected chi connectivity index (χ1v) is 8.83. The largest absolute Gasteiger partial charge is 0.539 e. The van der Waals surface area contributed by atoms with Gasteiger partial charge in [-0.1, -0.05) is 24.3 Å². The van der Waals surface area contributed by atoms with E-state index in [0.29, 0.717) is 13.2 Å². The zero-order chi connectivity index (χ0) is 17.7. The Kier molecular flexibility index (Phi) is 6.83. The van der Waals surface area contributed by atoms with Crippen molar-refractivity contribution in [2.75, 3.05) is 13.2 Å². The summed E-state index contributed by atoms with van der Waals surface area (Å²) >= 11 is 0. The molecule has 1 aliphatic rings. The van der Waals surface area contributed by atoms with Crippen molar-refractivity contribution in [1.29, 1.82) is 0 Å². The maximum atomic E-state index is 6.20. The summed E-state index contributed by atoms with van der Waals surface area (Å²) in [6, 6.07) is 7.93. The van der Waals surface area contributed by atoms with Gasteiger partial charge in [0.2, 0.25) is 0 Å². The molecule has 136 valence electrons. The fraction of sp³-hybridized carbons (Fsp3) is 0.667. The highest BCUT2D eigenvalue weighted by Crippen LogP contribution is 2.24. The molecule has 5 nitrogen and oxygen atoms in total. The predicted octanol–water partition coefficient (Wildman–Crippen LogP) is 3.15. The first kappa shape index (κ1) is 19.4. The SMILES string of the molecule is CC(C)O[B-](OC(C)C)(OC(C)C)c1cccc(C2OCCO2)c1. The quantitative estimate of drug-likeness (QED) is 0.682. The Balaban J connectivity index is 2.41. The van der Waals surface area contributed by atoms with Crippen LogP contribution in [0.2, 0.25) is 0 Å². The molecule has 0 saturated carbocycles. The molecule has 24 heavy (non-hydrogen) atoms. The summed E-state index contributed by atoms with van der Waals surface area (Å²) in [5.74, 6) is 0. The molecule has 1 fully saturated rings. The van der Waals surface area contributed by atoms with E-state index >= 15 is 0 Å². The molecular weight excluding hydrogens is 307 g/mol. The first-order valence-electron chi connectivity index (χ1n) is 8.83. The van der Waals surface area contributed by atoms with Gasteiger partial charge in [0.05, 0.1) is 13.2 Å². The van der Waals surface area contributed by atoms with E-state index in [1.54, 1.807) is 0 Å². The zero-order valence-corrected chi connectivity index (χ0v) is 15.7. The molecule has 0 aromatic heterocycles. The summed E-state index contributed by atoms with van der Waals surface area (Å²) in [5.41, 5.74) is 1.81. The van der Waals surface area contributed by atoms with Gasteiger partial charge in [-0.25, -0.2) is 0 Å². The van der Waals surface area contributed by atoms with Gasteiger partial charge in [-0.2, -0.15) is 0 Å². The van der Waals surface area contributed by atoms with Crippen molar-refractivity contribution in [1.82, 2.24) is 0 Å². The summed E-state index contributed by atoms with van der Waals surface area (Å²) in [4.78, 5) is 0. The van der Waals surface area contributed by atoms with Crippen LogP contribution in [0.5, 0.6) is 0 Å². The highest BCUT2D eigenvalue weighted by molar-refractivity contribution is 6.75. The lowest BCUT2D eigenvalue weighted by Crippen LogP contribution is -2.60. The maximum absolute atomic E-state index is 6.20. The standard InChI is InChI=1S/C18H30BO5/c1-13(2)22-19(23-14(3)4,24-15(5)6)17-9-7-8-16(12-17)18-20-10-11-21-18/h7-9,12-15,18H,10-11H2,1-6H3/q-1. The number of rotatable bonds is 8. The van der Waals surface area contributed by atoms with E-state index in [2.05, 4.69) is 0 Å². The van der Waals surface area contributed by atoms with Crippen LogP contribution >= 0.6 is 0 Å². The van der Waals surface area contributed by atoms with Crippen molar-refractivity contribution in [2.45, 2.75) is 66.1 Å². The van der Waals surface area contributed by atoms with Crippen LogP contribution in [0.1, 0.15) is 53.4 Å². The molecule has 6 heteroatoms. The smallest absolute Gasteiger partial charge is 0.410 e. The Hall–Kier alpha value is -0.915. The Bertz CT molecular complexity index is 485.